The molecule has 0 aliphatic heterocycles. The van der Waals surface area contributed by atoms with Crippen molar-refractivity contribution in [2.75, 3.05) is 6.61 Å². The van der Waals surface area contributed by atoms with E-state index in [9.17, 15) is 4.79 Å². The number of ether oxygens (including phenoxy) is 1. The molecular weight excluding hydrogens is 296 g/mol. The lowest BCUT2D eigenvalue weighted by molar-refractivity contribution is -0.143. The lowest BCUT2D eigenvalue weighted by Crippen LogP contribution is -2.05. The summed E-state index contributed by atoms with van der Waals surface area (Å²) in [6.45, 7) is 4.82. The highest BCUT2D eigenvalue weighted by molar-refractivity contribution is 5.69. The second kappa shape index (κ2) is 20.5. The molecule has 2 heteroatoms. The van der Waals surface area contributed by atoms with Gasteiger partial charge in [-0.1, -0.05) is 104 Å². The molecule has 0 aromatic carbocycles. The second-order valence-corrected chi connectivity index (χ2v) is 7.12. The summed E-state index contributed by atoms with van der Waals surface area (Å²) in [6, 6.07) is 0. The van der Waals surface area contributed by atoms with Crippen LogP contribution in [0.1, 0.15) is 123 Å². The van der Waals surface area contributed by atoms with E-state index < -0.39 is 0 Å². The highest BCUT2D eigenvalue weighted by Gasteiger charge is 2.01. The smallest absolute Gasteiger partial charge is 0.305 e. The first-order valence-electron chi connectivity index (χ1n) is 10.7. The predicted octanol–water partition coefficient (Wildman–Crippen LogP) is 7.41. The van der Waals surface area contributed by atoms with E-state index in [2.05, 4.69) is 6.92 Å². The Morgan fingerprint density at radius 1 is 0.708 bits per heavy atom. The first-order valence-corrected chi connectivity index (χ1v) is 10.7. The SMILES string of the molecule is C[CH]CCOC(=O)CCCCCCCCCCCCCCCCC. The third-order valence-corrected chi connectivity index (χ3v) is 4.65. The number of hydrogen-bond acceptors (Lipinski definition) is 2. The molecule has 0 bridgehead atoms. The zero-order valence-corrected chi connectivity index (χ0v) is 16.6. The molecule has 0 unspecified atom stereocenters. The predicted molar refractivity (Wildman–Crippen MR) is 105 cm³/mol. The van der Waals surface area contributed by atoms with E-state index in [0.29, 0.717) is 13.0 Å². The Kier molecular flexibility index (Phi) is 20.1. The van der Waals surface area contributed by atoms with Gasteiger partial charge in [-0.15, -0.1) is 0 Å². The minimum atomic E-state index is -0.0217. The average Bonchev–Trinajstić information content (AvgIpc) is 2.58. The van der Waals surface area contributed by atoms with Crippen LogP contribution >= 0.6 is 0 Å². The van der Waals surface area contributed by atoms with Crippen molar-refractivity contribution in [2.24, 2.45) is 0 Å². The first kappa shape index (κ1) is 23.5. The van der Waals surface area contributed by atoms with Crippen LogP contribution in [0.3, 0.4) is 0 Å². The minimum Gasteiger partial charge on any atom is -0.466 e. The Hall–Kier alpha value is -0.530. The molecule has 143 valence electrons. The molecule has 0 aromatic heterocycles. The number of hydrogen-bond donors (Lipinski definition) is 0. The Balaban J connectivity index is 3.06. The molecule has 1 radical (unpaired) electrons. The van der Waals surface area contributed by atoms with Crippen molar-refractivity contribution in [3.8, 4) is 0 Å². The van der Waals surface area contributed by atoms with E-state index in [0.717, 1.165) is 12.8 Å². The quantitative estimate of drug-likeness (QED) is 0.181. The molecular formula is C22H43O2. The van der Waals surface area contributed by atoms with Crippen LogP contribution in [0.5, 0.6) is 0 Å². The zero-order chi connectivity index (χ0) is 17.7. The van der Waals surface area contributed by atoms with Crippen molar-refractivity contribution in [3.05, 3.63) is 6.42 Å². The fourth-order valence-corrected chi connectivity index (χ4v) is 3.00. The number of carbonyl (C=O) groups is 1. The monoisotopic (exact) mass is 339 g/mol. The maximum atomic E-state index is 11.4. The molecule has 0 saturated heterocycles. The lowest BCUT2D eigenvalue weighted by atomic mass is 10.0. The van der Waals surface area contributed by atoms with Crippen molar-refractivity contribution < 1.29 is 9.53 Å². The summed E-state index contributed by atoms with van der Waals surface area (Å²) in [5.74, 6) is -0.0217. The zero-order valence-electron chi connectivity index (χ0n) is 16.6. The molecule has 0 spiro atoms. The molecule has 0 atom stereocenters. The summed E-state index contributed by atoms with van der Waals surface area (Å²) in [6.07, 6.45) is 23.8. The summed E-state index contributed by atoms with van der Waals surface area (Å²) in [5, 5.41) is 0. The van der Waals surface area contributed by atoms with Gasteiger partial charge >= 0.3 is 5.97 Å². The van der Waals surface area contributed by atoms with Crippen LogP contribution in [0.4, 0.5) is 0 Å². The lowest BCUT2D eigenvalue weighted by Gasteiger charge is -2.04. The fraction of sp³-hybridized carbons (Fsp3) is 0.909. The molecule has 0 aromatic rings. The van der Waals surface area contributed by atoms with E-state index in [-0.39, 0.29) is 5.97 Å². The third-order valence-electron chi connectivity index (χ3n) is 4.65. The summed E-state index contributed by atoms with van der Waals surface area (Å²) in [7, 11) is 0. The summed E-state index contributed by atoms with van der Waals surface area (Å²) in [4.78, 5) is 11.4. The highest BCUT2D eigenvalue weighted by atomic mass is 16.5. The van der Waals surface area contributed by atoms with Crippen molar-refractivity contribution >= 4 is 5.97 Å². The van der Waals surface area contributed by atoms with Gasteiger partial charge in [0.25, 0.3) is 0 Å². The number of rotatable bonds is 19. The maximum absolute atomic E-state index is 11.4. The van der Waals surface area contributed by atoms with E-state index in [1.165, 1.54) is 89.9 Å². The number of esters is 1. The van der Waals surface area contributed by atoms with Gasteiger partial charge in [0.2, 0.25) is 0 Å². The maximum Gasteiger partial charge on any atom is 0.305 e. The van der Waals surface area contributed by atoms with Gasteiger partial charge in [0, 0.05) is 6.42 Å². The first-order chi connectivity index (χ1) is 11.8. The minimum absolute atomic E-state index is 0.0217. The van der Waals surface area contributed by atoms with Gasteiger partial charge in [-0.05, 0) is 19.3 Å². The second-order valence-electron chi connectivity index (χ2n) is 7.12. The van der Waals surface area contributed by atoms with Crippen LogP contribution < -0.4 is 0 Å². The van der Waals surface area contributed by atoms with Gasteiger partial charge < -0.3 is 4.74 Å². The molecule has 0 N–H and O–H groups in total. The Morgan fingerprint density at radius 3 is 1.54 bits per heavy atom. The van der Waals surface area contributed by atoms with Crippen molar-refractivity contribution in [3.63, 3.8) is 0 Å². The standard InChI is InChI=1S/C22H43O2/c1-3-5-7-8-9-10-11-12-13-14-15-16-17-18-19-20-22(23)24-21-6-4-2/h4H,3,5-21H2,1-2H3. The van der Waals surface area contributed by atoms with E-state index in [1.807, 2.05) is 13.3 Å². The summed E-state index contributed by atoms with van der Waals surface area (Å²) in [5.41, 5.74) is 0. The van der Waals surface area contributed by atoms with Gasteiger partial charge in [-0.25, -0.2) is 0 Å². The Labute approximate surface area is 152 Å². The van der Waals surface area contributed by atoms with Crippen LogP contribution in [0.2, 0.25) is 0 Å². The normalized spacial score (nSPS) is 10.9. The molecule has 0 aliphatic carbocycles. The summed E-state index contributed by atoms with van der Waals surface area (Å²) >= 11 is 0. The number of unbranched alkanes of at least 4 members (excludes halogenated alkanes) is 15. The van der Waals surface area contributed by atoms with Gasteiger partial charge in [0.15, 0.2) is 0 Å². The van der Waals surface area contributed by atoms with E-state index >= 15 is 0 Å². The topological polar surface area (TPSA) is 26.3 Å². The fourth-order valence-electron chi connectivity index (χ4n) is 3.00. The van der Waals surface area contributed by atoms with Crippen LogP contribution in [0, 0.1) is 6.42 Å². The molecule has 24 heavy (non-hydrogen) atoms. The molecule has 2 nitrogen and oxygen atoms in total. The van der Waals surface area contributed by atoms with Gasteiger partial charge in [-0.2, -0.15) is 0 Å². The van der Waals surface area contributed by atoms with E-state index in [4.69, 9.17) is 4.74 Å². The van der Waals surface area contributed by atoms with Crippen molar-refractivity contribution in [1.82, 2.24) is 0 Å². The Morgan fingerprint density at radius 2 is 1.12 bits per heavy atom. The van der Waals surface area contributed by atoms with E-state index in [1.54, 1.807) is 0 Å². The molecule has 0 amide bonds. The van der Waals surface area contributed by atoms with Gasteiger partial charge in [0.1, 0.15) is 0 Å². The third kappa shape index (κ3) is 19.5. The van der Waals surface area contributed by atoms with Crippen LogP contribution in [0.25, 0.3) is 0 Å². The number of carbonyl (C=O) groups excluding carboxylic acids is 1. The highest BCUT2D eigenvalue weighted by Crippen LogP contribution is 2.13. The molecule has 0 fully saturated rings. The van der Waals surface area contributed by atoms with Crippen LogP contribution in [-0.4, -0.2) is 12.6 Å². The largest absolute Gasteiger partial charge is 0.466 e. The van der Waals surface area contributed by atoms with Crippen molar-refractivity contribution in [1.29, 1.82) is 0 Å². The van der Waals surface area contributed by atoms with Crippen LogP contribution in [-0.2, 0) is 9.53 Å². The Bertz CT molecular complexity index is 250. The van der Waals surface area contributed by atoms with Gasteiger partial charge in [-0.3, -0.25) is 4.79 Å². The molecule has 0 heterocycles. The molecule has 0 saturated carbocycles. The summed E-state index contributed by atoms with van der Waals surface area (Å²) < 4.78 is 5.13. The van der Waals surface area contributed by atoms with Crippen LogP contribution in [0.15, 0.2) is 0 Å². The van der Waals surface area contributed by atoms with Crippen molar-refractivity contribution in [2.45, 2.75) is 123 Å². The van der Waals surface area contributed by atoms with Gasteiger partial charge in [0.05, 0.1) is 6.61 Å². The molecule has 0 aliphatic rings. The molecule has 0 rings (SSSR count). The average molecular weight is 340 g/mol.